The van der Waals surface area contributed by atoms with E-state index in [0.29, 0.717) is 6.04 Å². The third kappa shape index (κ3) is 3.28. The van der Waals surface area contributed by atoms with Gasteiger partial charge < -0.3 is 5.32 Å². The van der Waals surface area contributed by atoms with E-state index in [1.165, 1.54) is 53.4 Å². The Kier molecular flexibility index (Phi) is 4.71. The second-order valence-electron chi connectivity index (χ2n) is 5.75. The second-order valence-corrected chi connectivity index (χ2v) is 6.66. The molecule has 0 bridgehead atoms. The summed E-state index contributed by atoms with van der Waals surface area (Å²) in [5.74, 6) is 0.848. The highest BCUT2D eigenvalue weighted by Gasteiger charge is 2.20. The summed E-state index contributed by atoms with van der Waals surface area (Å²) >= 11 is 3.56. The molecule has 2 rings (SSSR count). The third-order valence-corrected chi connectivity index (χ3v) is 4.68. The summed E-state index contributed by atoms with van der Waals surface area (Å²) in [6.07, 6.45) is 7.04. The van der Waals surface area contributed by atoms with E-state index >= 15 is 0 Å². The van der Waals surface area contributed by atoms with Crippen molar-refractivity contribution in [2.75, 3.05) is 5.32 Å². The molecule has 0 aromatic heterocycles. The van der Waals surface area contributed by atoms with Gasteiger partial charge in [0.25, 0.3) is 0 Å². The monoisotopic (exact) mass is 309 g/mol. The number of hydrogen-bond donors (Lipinski definition) is 1. The number of hydrogen-bond acceptors (Lipinski definition) is 1. The first-order valence-corrected chi connectivity index (χ1v) is 7.90. The summed E-state index contributed by atoms with van der Waals surface area (Å²) < 4.78 is 1.17. The van der Waals surface area contributed by atoms with E-state index in [9.17, 15) is 0 Å². The molecule has 100 valence electrons. The van der Waals surface area contributed by atoms with Crippen LogP contribution in [0, 0.1) is 19.8 Å². The Morgan fingerprint density at radius 2 is 1.67 bits per heavy atom. The molecule has 2 heteroatoms. The molecule has 0 heterocycles. The molecule has 1 unspecified atom stereocenters. The maximum atomic E-state index is 3.75. The van der Waals surface area contributed by atoms with E-state index in [1.54, 1.807) is 0 Å². The van der Waals surface area contributed by atoms with Crippen LogP contribution in [0.2, 0.25) is 0 Å². The molecule has 1 fully saturated rings. The SMILES string of the molecule is Cc1cc(Br)cc(C)c1NC(C)C1CCCCC1. The van der Waals surface area contributed by atoms with Crippen LogP contribution in [0.5, 0.6) is 0 Å². The number of halogens is 1. The van der Waals surface area contributed by atoms with Gasteiger partial charge in [-0.2, -0.15) is 0 Å². The Labute approximate surface area is 119 Å². The van der Waals surface area contributed by atoms with Gasteiger partial charge in [0.05, 0.1) is 0 Å². The fourth-order valence-electron chi connectivity index (χ4n) is 3.12. The number of anilines is 1. The average molecular weight is 310 g/mol. The van der Waals surface area contributed by atoms with Crippen molar-refractivity contribution < 1.29 is 0 Å². The van der Waals surface area contributed by atoms with Crippen LogP contribution < -0.4 is 5.32 Å². The first kappa shape index (κ1) is 13.9. The summed E-state index contributed by atoms with van der Waals surface area (Å²) in [6, 6.07) is 4.98. The summed E-state index contributed by atoms with van der Waals surface area (Å²) in [5, 5.41) is 3.75. The highest BCUT2D eigenvalue weighted by atomic mass is 79.9. The molecule has 1 aromatic carbocycles. The lowest BCUT2D eigenvalue weighted by atomic mass is 9.84. The zero-order chi connectivity index (χ0) is 13.1. The Morgan fingerprint density at radius 3 is 2.22 bits per heavy atom. The molecule has 0 saturated heterocycles. The zero-order valence-corrected chi connectivity index (χ0v) is 13.3. The Hall–Kier alpha value is -0.500. The van der Waals surface area contributed by atoms with Gasteiger partial charge in [0, 0.05) is 16.2 Å². The van der Waals surface area contributed by atoms with E-state index in [4.69, 9.17) is 0 Å². The molecule has 1 aliphatic rings. The minimum Gasteiger partial charge on any atom is -0.382 e. The quantitative estimate of drug-likeness (QED) is 0.783. The number of aryl methyl sites for hydroxylation is 2. The van der Waals surface area contributed by atoms with Gasteiger partial charge >= 0.3 is 0 Å². The largest absolute Gasteiger partial charge is 0.382 e. The molecule has 0 radical (unpaired) electrons. The standard InChI is InChI=1S/C16H24BrN/c1-11-9-15(17)10-12(2)16(11)18-13(3)14-7-5-4-6-8-14/h9-10,13-14,18H,4-8H2,1-3H3. The van der Waals surface area contributed by atoms with Gasteiger partial charge in [-0.25, -0.2) is 0 Å². The third-order valence-electron chi connectivity index (χ3n) is 4.23. The van der Waals surface area contributed by atoms with E-state index < -0.39 is 0 Å². The van der Waals surface area contributed by atoms with Gasteiger partial charge in [0.2, 0.25) is 0 Å². The summed E-state index contributed by atoms with van der Waals surface area (Å²) in [6.45, 7) is 6.72. The van der Waals surface area contributed by atoms with Gasteiger partial charge in [0.15, 0.2) is 0 Å². The second kappa shape index (κ2) is 6.10. The van der Waals surface area contributed by atoms with E-state index in [1.807, 2.05) is 0 Å². The molecular formula is C16H24BrN. The number of nitrogens with one attached hydrogen (secondary N) is 1. The van der Waals surface area contributed by atoms with E-state index in [0.717, 1.165) is 5.92 Å². The lowest BCUT2D eigenvalue weighted by molar-refractivity contribution is 0.328. The van der Waals surface area contributed by atoms with Gasteiger partial charge in [-0.05, 0) is 62.8 Å². The van der Waals surface area contributed by atoms with Crippen molar-refractivity contribution in [2.45, 2.75) is 58.9 Å². The van der Waals surface area contributed by atoms with Crippen LogP contribution in [0.15, 0.2) is 16.6 Å². The Balaban J connectivity index is 2.08. The number of benzene rings is 1. The van der Waals surface area contributed by atoms with Crippen LogP contribution in [0.4, 0.5) is 5.69 Å². The molecule has 0 amide bonds. The average Bonchev–Trinajstić information content (AvgIpc) is 2.34. The lowest BCUT2D eigenvalue weighted by Gasteiger charge is -2.30. The first-order valence-electron chi connectivity index (χ1n) is 7.11. The van der Waals surface area contributed by atoms with Gasteiger partial charge in [0.1, 0.15) is 0 Å². The molecule has 1 aromatic rings. The summed E-state index contributed by atoms with van der Waals surface area (Å²) in [4.78, 5) is 0. The Bertz CT molecular complexity index is 385. The van der Waals surface area contributed by atoms with Crippen LogP contribution in [0.25, 0.3) is 0 Å². The number of rotatable bonds is 3. The van der Waals surface area contributed by atoms with E-state index in [-0.39, 0.29) is 0 Å². The molecule has 18 heavy (non-hydrogen) atoms. The van der Waals surface area contributed by atoms with Crippen LogP contribution in [-0.4, -0.2) is 6.04 Å². The highest BCUT2D eigenvalue weighted by Crippen LogP contribution is 2.31. The summed E-state index contributed by atoms with van der Waals surface area (Å²) in [7, 11) is 0. The fraction of sp³-hybridized carbons (Fsp3) is 0.625. The van der Waals surface area contributed by atoms with Gasteiger partial charge in [-0.1, -0.05) is 35.2 Å². The van der Waals surface area contributed by atoms with Crippen molar-refractivity contribution in [1.82, 2.24) is 0 Å². The maximum Gasteiger partial charge on any atom is 0.0402 e. The minimum absolute atomic E-state index is 0.587. The molecule has 1 nitrogen and oxygen atoms in total. The topological polar surface area (TPSA) is 12.0 Å². The molecule has 1 atom stereocenters. The maximum absolute atomic E-state index is 3.75. The molecule has 1 aliphatic carbocycles. The molecular weight excluding hydrogens is 286 g/mol. The molecule has 1 N–H and O–H groups in total. The predicted molar refractivity (Wildman–Crippen MR) is 83.3 cm³/mol. The van der Waals surface area contributed by atoms with Crippen molar-refractivity contribution in [2.24, 2.45) is 5.92 Å². The van der Waals surface area contributed by atoms with Gasteiger partial charge in [-0.3, -0.25) is 0 Å². The molecule has 1 saturated carbocycles. The van der Waals surface area contributed by atoms with Crippen molar-refractivity contribution in [3.05, 3.63) is 27.7 Å². The predicted octanol–water partition coefficient (Wildman–Crippen LogP) is 5.45. The van der Waals surface area contributed by atoms with Crippen molar-refractivity contribution in [3.63, 3.8) is 0 Å². The fourth-order valence-corrected chi connectivity index (χ4v) is 3.80. The van der Waals surface area contributed by atoms with Crippen LogP contribution in [0.1, 0.15) is 50.2 Å². The molecule has 0 spiro atoms. The first-order chi connectivity index (χ1) is 8.58. The van der Waals surface area contributed by atoms with Crippen molar-refractivity contribution >= 4 is 21.6 Å². The van der Waals surface area contributed by atoms with Gasteiger partial charge in [-0.15, -0.1) is 0 Å². The molecule has 0 aliphatic heterocycles. The zero-order valence-electron chi connectivity index (χ0n) is 11.7. The lowest BCUT2D eigenvalue weighted by Crippen LogP contribution is -2.28. The van der Waals surface area contributed by atoms with E-state index in [2.05, 4.69) is 54.2 Å². The van der Waals surface area contributed by atoms with Crippen LogP contribution in [0.3, 0.4) is 0 Å². The van der Waals surface area contributed by atoms with Crippen molar-refractivity contribution in [3.8, 4) is 0 Å². The Morgan fingerprint density at radius 1 is 1.11 bits per heavy atom. The van der Waals surface area contributed by atoms with Crippen LogP contribution >= 0.6 is 15.9 Å². The highest BCUT2D eigenvalue weighted by molar-refractivity contribution is 9.10. The smallest absolute Gasteiger partial charge is 0.0402 e. The minimum atomic E-state index is 0.587. The summed E-state index contributed by atoms with van der Waals surface area (Å²) in [5.41, 5.74) is 4.00. The van der Waals surface area contributed by atoms with Crippen molar-refractivity contribution in [1.29, 1.82) is 0 Å². The normalized spacial score (nSPS) is 18.7. The van der Waals surface area contributed by atoms with Crippen LogP contribution in [-0.2, 0) is 0 Å².